The van der Waals surface area contributed by atoms with Crippen LogP contribution in [-0.4, -0.2) is 18.2 Å². The average molecular weight is 286 g/mol. The first-order valence-electron chi connectivity index (χ1n) is 5.86. The molecule has 0 aliphatic rings. The van der Waals surface area contributed by atoms with Gasteiger partial charge in [0, 0.05) is 6.54 Å². The molecule has 0 aromatic heterocycles. The van der Waals surface area contributed by atoms with Crippen molar-refractivity contribution >= 4 is 23.8 Å². The van der Waals surface area contributed by atoms with E-state index in [2.05, 4.69) is 5.32 Å². The summed E-state index contributed by atoms with van der Waals surface area (Å²) in [5.41, 5.74) is 0.153. The van der Waals surface area contributed by atoms with Crippen molar-refractivity contribution in [1.82, 2.24) is 5.32 Å². The quantitative estimate of drug-likeness (QED) is 0.911. The fourth-order valence-corrected chi connectivity index (χ4v) is 1.39. The van der Waals surface area contributed by atoms with Gasteiger partial charge in [-0.25, -0.2) is 9.18 Å². The van der Waals surface area contributed by atoms with E-state index in [-0.39, 0.29) is 5.02 Å². The smallest absolute Gasteiger partial charge is 0.407 e. The number of benzene rings is 1. The average Bonchev–Trinajstić information content (AvgIpc) is 2.27. The zero-order valence-corrected chi connectivity index (χ0v) is 11.9. The highest BCUT2D eigenvalue weighted by atomic mass is 35.5. The predicted molar refractivity (Wildman–Crippen MR) is 74.7 cm³/mol. The van der Waals surface area contributed by atoms with Crippen molar-refractivity contribution in [3.63, 3.8) is 0 Å². The van der Waals surface area contributed by atoms with Gasteiger partial charge >= 0.3 is 6.09 Å². The van der Waals surface area contributed by atoms with Gasteiger partial charge in [0.25, 0.3) is 0 Å². The van der Waals surface area contributed by atoms with Gasteiger partial charge in [0.15, 0.2) is 0 Å². The SMILES string of the molecule is CC(C)(C)OC(=O)NCC=Cc1ccc(Cl)c(F)c1. The lowest BCUT2D eigenvalue weighted by Crippen LogP contribution is -2.32. The predicted octanol–water partition coefficient (Wildman–Crippen LogP) is 4.02. The molecule has 0 radical (unpaired) electrons. The van der Waals surface area contributed by atoms with Gasteiger partial charge in [-0.3, -0.25) is 0 Å². The van der Waals surface area contributed by atoms with E-state index in [1.807, 2.05) is 0 Å². The number of hydrogen-bond donors (Lipinski definition) is 1. The van der Waals surface area contributed by atoms with Gasteiger partial charge in [-0.2, -0.15) is 0 Å². The van der Waals surface area contributed by atoms with Crippen LogP contribution in [0.5, 0.6) is 0 Å². The molecular formula is C14H17ClFNO2. The van der Waals surface area contributed by atoms with Crippen molar-refractivity contribution in [2.24, 2.45) is 0 Å². The highest BCUT2D eigenvalue weighted by molar-refractivity contribution is 6.30. The van der Waals surface area contributed by atoms with Crippen molar-refractivity contribution in [2.75, 3.05) is 6.54 Å². The first-order chi connectivity index (χ1) is 8.78. The number of ether oxygens (including phenoxy) is 1. The number of carbonyl (C=O) groups is 1. The lowest BCUT2D eigenvalue weighted by Gasteiger charge is -2.19. The van der Waals surface area contributed by atoms with E-state index in [1.54, 1.807) is 39.0 Å². The molecule has 0 fully saturated rings. The maximum absolute atomic E-state index is 13.1. The standard InChI is InChI=1S/C14H17ClFNO2/c1-14(2,3)19-13(18)17-8-4-5-10-6-7-11(15)12(16)9-10/h4-7,9H,8H2,1-3H3,(H,17,18). The van der Waals surface area contributed by atoms with E-state index >= 15 is 0 Å². The lowest BCUT2D eigenvalue weighted by molar-refractivity contribution is 0.0534. The maximum Gasteiger partial charge on any atom is 0.407 e. The highest BCUT2D eigenvalue weighted by Crippen LogP contribution is 2.16. The monoisotopic (exact) mass is 285 g/mol. The van der Waals surface area contributed by atoms with Crippen LogP contribution in [0.1, 0.15) is 26.3 Å². The Bertz CT molecular complexity index is 481. The summed E-state index contributed by atoms with van der Waals surface area (Å²) >= 11 is 5.57. The van der Waals surface area contributed by atoms with Crippen molar-refractivity contribution in [2.45, 2.75) is 26.4 Å². The van der Waals surface area contributed by atoms with E-state index in [1.165, 1.54) is 12.1 Å². The van der Waals surface area contributed by atoms with Gasteiger partial charge in [0.05, 0.1) is 5.02 Å². The molecule has 0 saturated heterocycles. The molecule has 0 heterocycles. The third-order valence-corrected chi connectivity index (χ3v) is 2.32. The van der Waals surface area contributed by atoms with Crippen LogP contribution in [-0.2, 0) is 4.74 Å². The number of rotatable bonds is 3. The molecular weight excluding hydrogens is 269 g/mol. The summed E-state index contributed by atoms with van der Waals surface area (Å²) < 4.78 is 18.2. The van der Waals surface area contributed by atoms with Crippen molar-refractivity contribution < 1.29 is 13.9 Å². The number of alkyl carbamates (subject to hydrolysis) is 1. The molecule has 1 N–H and O–H groups in total. The van der Waals surface area contributed by atoms with Crippen molar-refractivity contribution in [3.05, 3.63) is 40.7 Å². The molecule has 0 spiro atoms. The second-order valence-corrected chi connectivity index (χ2v) is 5.37. The van der Waals surface area contributed by atoms with Crippen molar-refractivity contribution in [3.8, 4) is 0 Å². The normalized spacial score (nSPS) is 11.6. The van der Waals surface area contributed by atoms with Crippen LogP contribution in [0.3, 0.4) is 0 Å². The van der Waals surface area contributed by atoms with Gasteiger partial charge in [0.2, 0.25) is 0 Å². The molecule has 0 saturated carbocycles. The van der Waals surface area contributed by atoms with Crippen molar-refractivity contribution in [1.29, 1.82) is 0 Å². The summed E-state index contributed by atoms with van der Waals surface area (Å²) in [5.74, 6) is -0.469. The highest BCUT2D eigenvalue weighted by Gasteiger charge is 2.14. The largest absolute Gasteiger partial charge is 0.444 e. The molecule has 1 rings (SSSR count). The Balaban J connectivity index is 2.42. The zero-order chi connectivity index (χ0) is 14.5. The van der Waals surface area contributed by atoms with Gasteiger partial charge < -0.3 is 10.1 Å². The number of halogens is 2. The molecule has 104 valence electrons. The molecule has 3 nitrogen and oxygen atoms in total. The van der Waals surface area contributed by atoms with E-state index < -0.39 is 17.5 Å². The number of nitrogens with one attached hydrogen (secondary N) is 1. The Morgan fingerprint density at radius 1 is 1.47 bits per heavy atom. The summed E-state index contributed by atoms with van der Waals surface area (Å²) in [6.45, 7) is 5.68. The van der Waals surface area contributed by atoms with Crippen LogP contribution in [0.25, 0.3) is 6.08 Å². The summed E-state index contributed by atoms with van der Waals surface area (Å²) in [7, 11) is 0. The molecule has 0 aliphatic carbocycles. The Morgan fingerprint density at radius 3 is 2.74 bits per heavy atom. The van der Waals surface area contributed by atoms with Crippen LogP contribution in [0.4, 0.5) is 9.18 Å². The fourth-order valence-electron chi connectivity index (χ4n) is 1.27. The number of carbonyl (C=O) groups excluding carboxylic acids is 1. The zero-order valence-electron chi connectivity index (χ0n) is 11.2. The molecule has 0 unspecified atom stereocenters. The summed E-state index contributed by atoms with van der Waals surface area (Å²) in [6, 6.07) is 4.50. The van der Waals surface area contributed by atoms with Crippen LogP contribution in [0.15, 0.2) is 24.3 Å². The summed E-state index contributed by atoms with van der Waals surface area (Å²) in [5, 5.41) is 2.65. The molecule has 1 aromatic carbocycles. The Morgan fingerprint density at radius 2 is 2.16 bits per heavy atom. The van der Waals surface area contributed by atoms with E-state index in [0.717, 1.165) is 0 Å². The van der Waals surface area contributed by atoms with Crippen LogP contribution in [0.2, 0.25) is 5.02 Å². The minimum Gasteiger partial charge on any atom is -0.444 e. The second-order valence-electron chi connectivity index (χ2n) is 4.96. The Hall–Kier alpha value is -1.55. The van der Waals surface area contributed by atoms with E-state index in [0.29, 0.717) is 12.1 Å². The minimum atomic E-state index is -0.521. The van der Waals surface area contributed by atoms with Gasteiger partial charge in [-0.05, 0) is 38.5 Å². The van der Waals surface area contributed by atoms with Gasteiger partial charge in [-0.1, -0.05) is 29.8 Å². The first kappa shape index (κ1) is 15.5. The Kier molecular flexibility index (Phi) is 5.36. The number of hydrogen-bond acceptors (Lipinski definition) is 2. The lowest BCUT2D eigenvalue weighted by atomic mass is 10.2. The summed E-state index contributed by atoms with van der Waals surface area (Å²) in [6.07, 6.45) is 2.91. The third-order valence-electron chi connectivity index (χ3n) is 2.02. The van der Waals surface area contributed by atoms with Gasteiger partial charge in [0.1, 0.15) is 11.4 Å². The minimum absolute atomic E-state index is 0.0871. The molecule has 1 aromatic rings. The third kappa shape index (κ3) is 6.25. The fraction of sp³-hybridized carbons (Fsp3) is 0.357. The van der Waals surface area contributed by atoms with Crippen LogP contribution < -0.4 is 5.32 Å². The van der Waals surface area contributed by atoms with E-state index in [4.69, 9.17) is 16.3 Å². The molecule has 5 heteroatoms. The molecule has 0 aliphatic heterocycles. The molecule has 1 amide bonds. The molecule has 0 bridgehead atoms. The maximum atomic E-state index is 13.1. The molecule has 0 atom stereocenters. The Labute approximate surface area is 117 Å². The van der Waals surface area contributed by atoms with Crippen LogP contribution in [0, 0.1) is 5.82 Å². The van der Waals surface area contributed by atoms with Gasteiger partial charge in [-0.15, -0.1) is 0 Å². The molecule has 19 heavy (non-hydrogen) atoms. The van der Waals surface area contributed by atoms with E-state index in [9.17, 15) is 9.18 Å². The number of amides is 1. The topological polar surface area (TPSA) is 38.3 Å². The summed E-state index contributed by atoms with van der Waals surface area (Å²) in [4.78, 5) is 11.3. The first-order valence-corrected chi connectivity index (χ1v) is 6.24. The van der Waals surface area contributed by atoms with Crippen LogP contribution >= 0.6 is 11.6 Å². The second kappa shape index (κ2) is 6.57.